The van der Waals surface area contributed by atoms with Crippen molar-refractivity contribution in [3.8, 4) is 5.75 Å². The molecule has 1 atom stereocenters. The second kappa shape index (κ2) is 6.95. The maximum absolute atomic E-state index is 12.3. The molecule has 1 N–H and O–H groups in total. The molecular formula is C16H20N2O3. The number of anilines is 1. The number of furan rings is 1. The highest BCUT2D eigenvalue weighted by Crippen LogP contribution is 2.23. The summed E-state index contributed by atoms with van der Waals surface area (Å²) in [6.45, 7) is 2.43. The van der Waals surface area contributed by atoms with E-state index in [1.165, 1.54) is 0 Å². The van der Waals surface area contributed by atoms with E-state index in [1.807, 2.05) is 55.3 Å². The normalized spacial score (nSPS) is 12.2. The molecule has 0 saturated carbocycles. The average molecular weight is 288 g/mol. The summed E-state index contributed by atoms with van der Waals surface area (Å²) < 4.78 is 10.5. The van der Waals surface area contributed by atoms with Crippen LogP contribution >= 0.6 is 0 Å². The summed E-state index contributed by atoms with van der Waals surface area (Å²) in [6, 6.07) is 10.8. The lowest BCUT2D eigenvalue weighted by Gasteiger charge is -2.23. The van der Waals surface area contributed by atoms with Gasteiger partial charge in [0, 0.05) is 0 Å². The lowest BCUT2D eigenvalue weighted by Crippen LogP contribution is -2.39. The number of likely N-dealkylation sites (N-methyl/N-ethyl adjacent to an activating group) is 1. The summed E-state index contributed by atoms with van der Waals surface area (Å²) in [5, 5.41) is 2.89. The predicted molar refractivity (Wildman–Crippen MR) is 81.3 cm³/mol. The Morgan fingerprint density at radius 2 is 2.10 bits per heavy atom. The molecule has 112 valence electrons. The van der Waals surface area contributed by atoms with Gasteiger partial charge >= 0.3 is 0 Å². The van der Waals surface area contributed by atoms with Crippen molar-refractivity contribution in [3.63, 3.8) is 0 Å². The first-order valence-corrected chi connectivity index (χ1v) is 6.78. The van der Waals surface area contributed by atoms with Gasteiger partial charge in [-0.3, -0.25) is 9.69 Å². The van der Waals surface area contributed by atoms with Crippen LogP contribution in [0.4, 0.5) is 5.69 Å². The molecular weight excluding hydrogens is 268 g/mol. The predicted octanol–water partition coefficient (Wildman–Crippen LogP) is 2.75. The van der Waals surface area contributed by atoms with Crippen LogP contribution in [-0.2, 0) is 11.3 Å². The number of rotatable bonds is 6. The number of ether oxygens (including phenoxy) is 1. The monoisotopic (exact) mass is 288 g/mol. The minimum atomic E-state index is -0.292. The van der Waals surface area contributed by atoms with E-state index in [1.54, 1.807) is 13.4 Å². The van der Waals surface area contributed by atoms with Crippen molar-refractivity contribution >= 4 is 11.6 Å². The van der Waals surface area contributed by atoms with Gasteiger partial charge in [0.2, 0.25) is 5.91 Å². The Kier molecular flexibility index (Phi) is 5.00. The molecule has 2 rings (SSSR count). The van der Waals surface area contributed by atoms with Crippen LogP contribution in [0.3, 0.4) is 0 Å². The first-order valence-electron chi connectivity index (χ1n) is 6.78. The number of benzene rings is 1. The topological polar surface area (TPSA) is 54.7 Å². The zero-order valence-electron chi connectivity index (χ0n) is 12.5. The van der Waals surface area contributed by atoms with Gasteiger partial charge in [0.25, 0.3) is 0 Å². The summed E-state index contributed by atoms with van der Waals surface area (Å²) in [5.74, 6) is 1.38. The number of hydrogen-bond acceptors (Lipinski definition) is 4. The number of nitrogens with zero attached hydrogens (tertiary/aromatic N) is 1. The van der Waals surface area contributed by atoms with Gasteiger partial charge in [-0.2, -0.15) is 0 Å². The highest BCUT2D eigenvalue weighted by molar-refractivity contribution is 5.95. The molecule has 0 aliphatic carbocycles. The van der Waals surface area contributed by atoms with Gasteiger partial charge in [-0.25, -0.2) is 0 Å². The van der Waals surface area contributed by atoms with E-state index >= 15 is 0 Å². The van der Waals surface area contributed by atoms with Crippen LogP contribution in [0.1, 0.15) is 12.7 Å². The fourth-order valence-electron chi connectivity index (χ4n) is 1.97. The number of methoxy groups -OCH3 is 1. The van der Waals surface area contributed by atoms with Crippen molar-refractivity contribution in [3.05, 3.63) is 48.4 Å². The van der Waals surface area contributed by atoms with Crippen LogP contribution in [0.5, 0.6) is 5.75 Å². The van der Waals surface area contributed by atoms with Crippen molar-refractivity contribution in [2.24, 2.45) is 0 Å². The van der Waals surface area contributed by atoms with Crippen molar-refractivity contribution in [1.82, 2.24) is 4.90 Å². The Labute approximate surface area is 124 Å². The fraction of sp³-hybridized carbons (Fsp3) is 0.312. The molecule has 5 heteroatoms. The second-order valence-corrected chi connectivity index (χ2v) is 4.86. The maximum atomic E-state index is 12.3. The lowest BCUT2D eigenvalue weighted by atomic mass is 10.2. The number of carbonyl (C=O) groups excluding carboxylic acids is 1. The van der Waals surface area contributed by atoms with Crippen molar-refractivity contribution in [2.75, 3.05) is 19.5 Å². The molecule has 0 bridgehead atoms. The summed E-state index contributed by atoms with van der Waals surface area (Å²) >= 11 is 0. The third-order valence-corrected chi connectivity index (χ3v) is 3.39. The average Bonchev–Trinajstić information content (AvgIpc) is 2.99. The summed E-state index contributed by atoms with van der Waals surface area (Å²) in [5.41, 5.74) is 0.670. The molecule has 0 spiro atoms. The molecule has 21 heavy (non-hydrogen) atoms. The van der Waals surface area contributed by atoms with Crippen molar-refractivity contribution < 1.29 is 13.9 Å². The van der Waals surface area contributed by atoms with Gasteiger partial charge in [-0.05, 0) is 38.2 Å². The van der Waals surface area contributed by atoms with Crippen LogP contribution < -0.4 is 10.1 Å². The van der Waals surface area contributed by atoms with Gasteiger partial charge in [-0.15, -0.1) is 0 Å². The van der Waals surface area contributed by atoms with Crippen LogP contribution in [-0.4, -0.2) is 31.0 Å². The molecule has 1 amide bonds. The highest BCUT2D eigenvalue weighted by Gasteiger charge is 2.20. The lowest BCUT2D eigenvalue weighted by molar-refractivity contribution is -0.120. The highest BCUT2D eigenvalue weighted by atomic mass is 16.5. The van der Waals surface area contributed by atoms with Crippen LogP contribution in [0.15, 0.2) is 47.1 Å². The largest absolute Gasteiger partial charge is 0.495 e. The zero-order chi connectivity index (χ0) is 15.2. The van der Waals surface area contributed by atoms with Gasteiger partial charge in [0.15, 0.2) is 0 Å². The Bertz CT molecular complexity index is 581. The Balaban J connectivity index is 1.98. The van der Waals surface area contributed by atoms with Crippen molar-refractivity contribution in [1.29, 1.82) is 0 Å². The van der Waals surface area contributed by atoms with Gasteiger partial charge in [0.05, 0.1) is 31.6 Å². The van der Waals surface area contributed by atoms with E-state index in [0.717, 1.165) is 5.76 Å². The smallest absolute Gasteiger partial charge is 0.241 e. The van der Waals surface area contributed by atoms with Crippen LogP contribution in [0, 0.1) is 0 Å². The molecule has 0 fully saturated rings. The van der Waals surface area contributed by atoms with Crippen molar-refractivity contribution in [2.45, 2.75) is 19.5 Å². The SMILES string of the molecule is COc1ccccc1NC(=O)C(C)N(C)Cc1ccco1. The molecule has 0 saturated heterocycles. The number of para-hydroxylation sites is 2. The Morgan fingerprint density at radius 3 is 2.76 bits per heavy atom. The molecule has 5 nitrogen and oxygen atoms in total. The maximum Gasteiger partial charge on any atom is 0.241 e. The molecule has 0 radical (unpaired) electrons. The number of hydrogen-bond donors (Lipinski definition) is 1. The minimum absolute atomic E-state index is 0.0893. The Hall–Kier alpha value is -2.27. The molecule has 0 aliphatic heterocycles. The van der Waals surface area contributed by atoms with Crippen LogP contribution in [0.2, 0.25) is 0 Å². The van der Waals surface area contributed by atoms with Gasteiger partial charge < -0.3 is 14.5 Å². The minimum Gasteiger partial charge on any atom is -0.495 e. The van der Waals surface area contributed by atoms with E-state index < -0.39 is 0 Å². The molecule has 1 aromatic carbocycles. The summed E-state index contributed by atoms with van der Waals surface area (Å²) in [7, 11) is 3.46. The summed E-state index contributed by atoms with van der Waals surface area (Å²) in [6.07, 6.45) is 1.63. The van der Waals surface area contributed by atoms with E-state index in [-0.39, 0.29) is 11.9 Å². The summed E-state index contributed by atoms with van der Waals surface area (Å²) in [4.78, 5) is 14.2. The third kappa shape index (κ3) is 3.86. The quantitative estimate of drug-likeness (QED) is 0.888. The molecule has 1 aromatic heterocycles. The fourth-order valence-corrected chi connectivity index (χ4v) is 1.97. The number of carbonyl (C=O) groups is 1. The van der Waals surface area contributed by atoms with E-state index in [4.69, 9.17) is 9.15 Å². The molecule has 0 aliphatic rings. The van der Waals surface area contributed by atoms with E-state index in [0.29, 0.717) is 18.0 Å². The van der Waals surface area contributed by atoms with Gasteiger partial charge in [0.1, 0.15) is 11.5 Å². The second-order valence-electron chi connectivity index (χ2n) is 4.86. The molecule has 2 aromatic rings. The first-order chi connectivity index (χ1) is 10.1. The van der Waals surface area contributed by atoms with E-state index in [9.17, 15) is 4.79 Å². The first kappa shape index (κ1) is 15.1. The van der Waals surface area contributed by atoms with Gasteiger partial charge in [-0.1, -0.05) is 12.1 Å². The number of nitrogens with one attached hydrogen (secondary N) is 1. The molecule has 1 heterocycles. The number of amides is 1. The zero-order valence-corrected chi connectivity index (χ0v) is 12.5. The molecule has 1 unspecified atom stereocenters. The van der Waals surface area contributed by atoms with Crippen LogP contribution in [0.25, 0.3) is 0 Å². The van der Waals surface area contributed by atoms with E-state index in [2.05, 4.69) is 5.32 Å². The third-order valence-electron chi connectivity index (χ3n) is 3.39. The standard InChI is InChI=1S/C16H20N2O3/c1-12(18(2)11-13-7-6-10-21-13)16(19)17-14-8-4-5-9-15(14)20-3/h4-10,12H,11H2,1-3H3,(H,17,19). The Morgan fingerprint density at radius 1 is 1.33 bits per heavy atom.